The van der Waals surface area contributed by atoms with Gasteiger partial charge in [-0.2, -0.15) is 0 Å². The van der Waals surface area contributed by atoms with E-state index in [9.17, 15) is 5.11 Å². The second-order valence-corrected chi connectivity index (χ2v) is 7.00. The van der Waals surface area contributed by atoms with Crippen molar-refractivity contribution in [1.29, 1.82) is 0 Å². The van der Waals surface area contributed by atoms with Crippen molar-refractivity contribution in [2.24, 2.45) is 0 Å². The summed E-state index contributed by atoms with van der Waals surface area (Å²) in [6.07, 6.45) is 6.27. The van der Waals surface area contributed by atoms with Crippen LogP contribution in [0.25, 0.3) is 10.9 Å². The lowest BCUT2D eigenvalue weighted by molar-refractivity contribution is -0.0337. The summed E-state index contributed by atoms with van der Waals surface area (Å²) in [5.41, 5.74) is 2.23. The first kappa shape index (κ1) is 14.8. The lowest BCUT2D eigenvalue weighted by Gasteiger charge is -2.44. The Balaban J connectivity index is 1.42. The van der Waals surface area contributed by atoms with Gasteiger partial charge in [0, 0.05) is 30.6 Å². The topological polar surface area (TPSA) is 61.3 Å². The predicted octanol–water partition coefficient (Wildman–Crippen LogP) is 2.34. The van der Waals surface area contributed by atoms with Crippen LogP contribution in [0, 0.1) is 6.92 Å². The standard InChI is InChI=1S/C18H24N4O/c1-12-2-7-17-16(8-12)18(20-11-19-17)21-13-3-5-14(6-4-13)22-9-15(23)10-22/h2,7-8,11,13-15,23H,3-6,9-10H2,1H3,(H,19,20,21)/t13-,14+. The number of β-amino-alcohol motifs (C(OH)–C–C–N with tert-alkyl or cyclic N) is 1. The molecular weight excluding hydrogens is 288 g/mol. The molecule has 1 aliphatic carbocycles. The Bertz CT molecular complexity index is 690. The lowest BCUT2D eigenvalue weighted by atomic mass is 9.88. The second kappa shape index (κ2) is 6.06. The van der Waals surface area contributed by atoms with Crippen molar-refractivity contribution in [3.63, 3.8) is 0 Å². The molecule has 2 aliphatic rings. The average molecular weight is 312 g/mol. The largest absolute Gasteiger partial charge is 0.390 e. The first-order chi connectivity index (χ1) is 11.2. The van der Waals surface area contributed by atoms with Gasteiger partial charge in [0.25, 0.3) is 0 Å². The Morgan fingerprint density at radius 2 is 1.91 bits per heavy atom. The molecule has 2 aromatic rings. The van der Waals surface area contributed by atoms with Gasteiger partial charge in [-0.3, -0.25) is 4.90 Å². The van der Waals surface area contributed by atoms with Gasteiger partial charge in [0.15, 0.2) is 0 Å². The monoisotopic (exact) mass is 312 g/mol. The van der Waals surface area contributed by atoms with E-state index in [1.807, 2.05) is 0 Å². The van der Waals surface area contributed by atoms with Gasteiger partial charge in [-0.05, 0) is 44.7 Å². The molecule has 2 heterocycles. The maximum Gasteiger partial charge on any atom is 0.137 e. The van der Waals surface area contributed by atoms with Crippen LogP contribution in [0.1, 0.15) is 31.2 Å². The summed E-state index contributed by atoms with van der Waals surface area (Å²) in [7, 11) is 0. The van der Waals surface area contributed by atoms with Crippen molar-refractivity contribution in [3.8, 4) is 0 Å². The Morgan fingerprint density at radius 1 is 1.13 bits per heavy atom. The van der Waals surface area contributed by atoms with Crippen LogP contribution in [0.5, 0.6) is 0 Å². The van der Waals surface area contributed by atoms with Crippen molar-refractivity contribution in [1.82, 2.24) is 14.9 Å². The summed E-state index contributed by atoms with van der Waals surface area (Å²) in [5, 5.41) is 14.2. The number of benzene rings is 1. The van der Waals surface area contributed by atoms with Gasteiger partial charge in [0.2, 0.25) is 0 Å². The normalized spacial score (nSPS) is 26.2. The van der Waals surface area contributed by atoms with Crippen LogP contribution in [0.4, 0.5) is 5.82 Å². The molecule has 1 aliphatic heterocycles. The van der Waals surface area contributed by atoms with E-state index in [-0.39, 0.29) is 6.10 Å². The number of aliphatic hydroxyl groups excluding tert-OH is 1. The minimum Gasteiger partial charge on any atom is -0.390 e. The average Bonchev–Trinajstić information content (AvgIpc) is 2.53. The SMILES string of the molecule is Cc1ccc2ncnc(N[C@H]3CC[C@@H](N4CC(O)C4)CC3)c2c1. The first-order valence-corrected chi connectivity index (χ1v) is 8.59. The third-order valence-electron chi connectivity index (χ3n) is 5.24. The fraction of sp³-hybridized carbons (Fsp3) is 0.556. The lowest BCUT2D eigenvalue weighted by Crippen LogP contribution is -2.56. The summed E-state index contributed by atoms with van der Waals surface area (Å²) in [5.74, 6) is 0.960. The highest BCUT2D eigenvalue weighted by molar-refractivity contribution is 5.89. The van der Waals surface area contributed by atoms with E-state index < -0.39 is 0 Å². The Morgan fingerprint density at radius 3 is 2.65 bits per heavy atom. The minimum absolute atomic E-state index is 0.0959. The molecule has 0 atom stereocenters. The number of anilines is 1. The zero-order valence-electron chi connectivity index (χ0n) is 13.6. The molecule has 1 aromatic heterocycles. The number of rotatable bonds is 3. The summed E-state index contributed by atoms with van der Waals surface area (Å²) < 4.78 is 0. The molecule has 2 N–H and O–H groups in total. The number of nitrogens with zero attached hydrogens (tertiary/aromatic N) is 3. The molecule has 0 amide bonds. The van der Waals surface area contributed by atoms with Gasteiger partial charge < -0.3 is 10.4 Å². The van der Waals surface area contributed by atoms with Gasteiger partial charge in [-0.25, -0.2) is 9.97 Å². The highest BCUT2D eigenvalue weighted by Gasteiger charge is 2.33. The molecule has 5 heteroatoms. The van der Waals surface area contributed by atoms with Gasteiger partial charge in [-0.1, -0.05) is 11.6 Å². The number of nitrogens with one attached hydrogen (secondary N) is 1. The molecule has 4 rings (SSSR count). The molecule has 1 aromatic carbocycles. The van der Waals surface area contributed by atoms with E-state index in [1.165, 1.54) is 18.4 Å². The smallest absolute Gasteiger partial charge is 0.137 e. The van der Waals surface area contributed by atoms with Crippen LogP contribution in [0.2, 0.25) is 0 Å². The van der Waals surface area contributed by atoms with Gasteiger partial charge in [0.05, 0.1) is 11.6 Å². The van der Waals surface area contributed by atoms with Crippen LogP contribution in [-0.2, 0) is 0 Å². The summed E-state index contributed by atoms with van der Waals surface area (Å²) in [4.78, 5) is 11.2. The first-order valence-electron chi connectivity index (χ1n) is 8.59. The third kappa shape index (κ3) is 3.03. The Hall–Kier alpha value is -1.72. The Kier molecular flexibility index (Phi) is 3.91. The summed E-state index contributed by atoms with van der Waals surface area (Å²) in [6.45, 7) is 3.82. The van der Waals surface area contributed by atoms with Gasteiger partial charge in [-0.15, -0.1) is 0 Å². The maximum atomic E-state index is 9.45. The molecule has 5 nitrogen and oxygen atoms in total. The number of aryl methyl sites for hydroxylation is 1. The zero-order valence-corrected chi connectivity index (χ0v) is 13.6. The van der Waals surface area contributed by atoms with Crippen LogP contribution in [0.15, 0.2) is 24.5 Å². The molecule has 23 heavy (non-hydrogen) atoms. The molecule has 0 spiro atoms. The van der Waals surface area contributed by atoms with E-state index in [1.54, 1.807) is 6.33 Å². The van der Waals surface area contributed by atoms with Gasteiger partial charge >= 0.3 is 0 Å². The Labute approximate surface area is 136 Å². The maximum absolute atomic E-state index is 9.45. The molecule has 2 fully saturated rings. The molecule has 0 unspecified atom stereocenters. The number of fused-ring (bicyclic) bond motifs is 1. The summed E-state index contributed by atoms with van der Waals surface area (Å²) >= 11 is 0. The number of aromatic nitrogens is 2. The van der Waals surface area contributed by atoms with Crippen molar-refractivity contribution >= 4 is 16.7 Å². The van der Waals surface area contributed by atoms with Crippen molar-refractivity contribution < 1.29 is 5.11 Å². The second-order valence-electron chi connectivity index (χ2n) is 7.00. The number of aliphatic hydroxyl groups is 1. The fourth-order valence-corrected chi connectivity index (χ4v) is 3.85. The predicted molar refractivity (Wildman–Crippen MR) is 91.5 cm³/mol. The molecular formula is C18H24N4O. The van der Waals surface area contributed by atoms with Gasteiger partial charge in [0.1, 0.15) is 12.1 Å². The quantitative estimate of drug-likeness (QED) is 0.911. The van der Waals surface area contributed by atoms with E-state index in [0.717, 1.165) is 42.7 Å². The van der Waals surface area contributed by atoms with E-state index in [2.05, 4.69) is 45.3 Å². The van der Waals surface area contributed by atoms with Crippen LogP contribution in [0.3, 0.4) is 0 Å². The van der Waals surface area contributed by atoms with Crippen LogP contribution in [-0.4, -0.2) is 51.3 Å². The van der Waals surface area contributed by atoms with Crippen molar-refractivity contribution in [3.05, 3.63) is 30.1 Å². The molecule has 0 bridgehead atoms. The summed E-state index contributed by atoms with van der Waals surface area (Å²) in [6, 6.07) is 7.44. The van der Waals surface area contributed by atoms with Crippen LogP contribution < -0.4 is 5.32 Å². The highest BCUT2D eigenvalue weighted by atomic mass is 16.3. The number of hydrogen-bond donors (Lipinski definition) is 2. The zero-order chi connectivity index (χ0) is 15.8. The number of likely N-dealkylation sites (tertiary alicyclic amines) is 1. The van der Waals surface area contributed by atoms with E-state index >= 15 is 0 Å². The minimum atomic E-state index is -0.0959. The van der Waals surface area contributed by atoms with Crippen LogP contribution >= 0.6 is 0 Å². The van der Waals surface area contributed by atoms with E-state index in [0.29, 0.717) is 12.1 Å². The fourth-order valence-electron chi connectivity index (χ4n) is 3.85. The molecule has 1 saturated carbocycles. The van der Waals surface area contributed by atoms with E-state index in [4.69, 9.17) is 0 Å². The molecule has 0 radical (unpaired) electrons. The van der Waals surface area contributed by atoms with Crippen molar-refractivity contribution in [2.45, 2.75) is 50.8 Å². The number of hydrogen-bond acceptors (Lipinski definition) is 5. The van der Waals surface area contributed by atoms with Crippen molar-refractivity contribution in [2.75, 3.05) is 18.4 Å². The third-order valence-corrected chi connectivity index (χ3v) is 5.24. The molecule has 122 valence electrons. The molecule has 1 saturated heterocycles. The highest BCUT2D eigenvalue weighted by Crippen LogP contribution is 2.29.